The van der Waals surface area contributed by atoms with E-state index in [1.165, 1.54) is 17.0 Å². The normalized spacial score (nSPS) is 16.2. The lowest BCUT2D eigenvalue weighted by molar-refractivity contribution is -0.137. The molecule has 4 aromatic rings. The van der Waals surface area contributed by atoms with Crippen LogP contribution in [0.25, 0.3) is 22.3 Å². The fourth-order valence-electron chi connectivity index (χ4n) is 4.30. The molecule has 0 atom stereocenters. The van der Waals surface area contributed by atoms with Crippen molar-refractivity contribution in [1.29, 1.82) is 0 Å². The van der Waals surface area contributed by atoms with Crippen LogP contribution in [0.2, 0.25) is 0 Å². The number of piperidine rings is 1. The molecule has 0 aliphatic carbocycles. The predicted molar refractivity (Wildman–Crippen MR) is 110 cm³/mol. The van der Waals surface area contributed by atoms with E-state index in [9.17, 15) is 13.2 Å². The molecule has 0 radical (unpaired) electrons. The lowest BCUT2D eigenvalue weighted by Gasteiger charge is -2.30. The van der Waals surface area contributed by atoms with Gasteiger partial charge in [0.05, 0.1) is 12.1 Å². The van der Waals surface area contributed by atoms with Gasteiger partial charge in [0.25, 0.3) is 0 Å². The molecule has 3 heterocycles. The summed E-state index contributed by atoms with van der Waals surface area (Å²) in [6.07, 6.45) is -0.241. The van der Waals surface area contributed by atoms with E-state index < -0.39 is 11.7 Å². The molecule has 1 fully saturated rings. The summed E-state index contributed by atoms with van der Waals surface area (Å²) < 4.78 is 44.1. The van der Waals surface area contributed by atoms with Gasteiger partial charge in [-0.3, -0.25) is 4.90 Å². The lowest BCUT2D eigenvalue weighted by atomic mass is 9.89. The minimum atomic E-state index is -4.41. The van der Waals surface area contributed by atoms with Crippen molar-refractivity contribution in [3.05, 3.63) is 71.7 Å². The summed E-state index contributed by atoms with van der Waals surface area (Å²) in [5.74, 6) is 1.09. The number of hydrogen-bond donors (Lipinski definition) is 1. The zero-order valence-corrected chi connectivity index (χ0v) is 16.7. The third-order valence-corrected chi connectivity index (χ3v) is 5.92. The van der Waals surface area contributed by atoms with Crippen LogP contribution in [-0.4, -0.2) is 33.1 Å². The number of benzene rings is 2. The Labute approximate surface area is 176 Å². The molecule has 2 aromatic carbocycles. The molecule has 1 aliphatic heterocycles. The smallest absolute Gasteiger partial charge is 0.361 e. The number of aromatic nitrogens is 3. The zero-order valence-electron chi connectivity index (χ0n) is 16.7. The fourth-order valence-corrected chi connectivity index (χ4v) is 4.30. The van der Waals surface area contributed by atoms with Crippen LogP contribution in [0.15, 0.2) is 59.3 Å². The molecule has 31 heavy (non-hydrogen) atoms. The van der Waals surface area contributed by atoms with Crippen molar-refractivity contribution in [1.82, 2.24) is 20.0 Å². The third-order valence-electron chi connectivity index (χ3n) is 5.92. The molecule has 0 unspecified atom stereocenters. The van der Waals surface area contributed by atoms with Crippen molar-refractivity contribution in [2.24, 2.45) is 0 Å². The van der Waals surface area contributed by atoms with Gasteiger partial charge in [-0.25, -0.2) is 0 Å². The second-order valence-electron chi connectivity index (χ2n) is 7.93. The summed E-state index contributed by atoms with van der Waals surface area (Å²) >= 11 is 0. The van der Waals surface area contributed by atoms with Crippen LogP contribution in [0.3, 0.4) is 0 Å². The van der Waals surface area contributed by atoms with Gasteiger partial charge in [-0.2, -0.15) is 18.2 Å². The number of likely N-dealkylation sites (tertiary alicyclic amines) is 1. The van der Waals surface area contributed by atoms with Gasteiger partial charge in [0.1, 0.15) is 0 Å². The summed E-state index contributed by atoms with van der Waals surface area (Å²) in [4.78, 5) is 9.91. The van der Waals surface area contributed by atoms with E-state index in [0.717, 1.165) is 43.6 Å². The zero-order chi connectivity index (χ0) is 21.4. The highest BCUT2D eigenvalue weighted by atomic mass is 19.4. The Kier molecular flexibility index (Phi) is 5.02. The van der Waals surface area contributed by atoms with E-state index in [4.69, 9.17) is 4.52 Å². The Morgan fingerprint density at radius 2 is 1.87 bits per heavy atom. The molecule has 5 rings (SSSR count). The summed E-state index contributed by atoms with van der Waals surface area (Å²) in [5, 5.41) is 5.16. The van der Waals surface area contributed by atoms with E-state index in [0.29, 0.717) is 23.9 Å². The van der Waals surface area contributed by atoms with E-state index >= 15 is 0 Å². The Bertz CT molecular complexity index is 1190. The van der Waals surface area contributed by atoms with Crippen LogP contribution in [0, 0.1) is 0 Å². The number of fused-ring (bicyclic) bond motifs is 1. The summed E-state index contributed by atoms with van der Waals surface area (Å²) in [6.45, 7) is 2.28. The van der Waals surface area contributed by atoms with Gasteiger partial charge in [-0.15, -0.1) is 0 Å². The molecule has 0 amide bonds. The predicted octanol–water partition coefficient (Wildman–Crippen LogP) is 5.62. The molecule has 160 valence electrons. The number of hydrogen-bond acceptors (Lipinski definition) is 4. The SMILES string of the molecule is FC(F)(F)c1cccc(-c2noc(CN3CCC(c4c[nH]c5ccccc45)CC3)n2)c1. The molecule has 1 aliphatic rings. The van der Waals surface area contributed by atoms with Crippen LogP contribution in [-0.2, 0) is 12.7 Å². The first-order chi connectivity index (χ1) is 15.0. The van der Waals surface area contributed by atoms with Gasteiger partial charge >= 0.3 is 6.18 Å². The summed E-state index contributed by atoms with van der Waals surface area (Å²) in [5.41, 5.74) is 2.09. The highest BCUT2D eigenvalue weighted by molar-refractivity contribution is 5.83. The molecule has 1 saturated heterocycles. The molecular formula is C23H21F3N4O. The first-order valence-corrected chi connectivity index (χ1v) is 10.3. The lowest BCUT2D eigenvalue weighted by Crippen LogP contribution is -2.32. The number of halogens is 3. The fraction of sp³-hybridized carbons (Fsp3) is 0.304. The minimum Gasteiger partial charge on any atom is -0.361 e. The van der Waals surface area contributed by atoms with Crippen LogP contribution in [0.4, 0.5) is 13.2 Å². The van der Waals surface area contributed by atoms with Gasteiger partial charge in [-0.05, 0) is 55.6 Å². The molecule has 1 N–H and O–H groups in total. The van der Waals surface area contributed by atoms with Crippen molar-refractivity contribution in [2.75, 3.05) is 13.1 Å². The molecule has 2 aromatic heterocycles. The highest BCUT2D eigenvalue weighted by Crippen LogP contribution is 2.34. The van der Waals surface area contributed by atoms with Crippen LogP contribution in [0.5, 0.6) is 0 Å². The van der Waals surface area contributed by atoms with Gasteiger partial charge in [0.2, 0.25) is 11.7 Å². The third kappa shape index (κ3) is 4.07. The number of alkyl halides is 3. The van der Waals surface area contributed by atoms with Crippen molar-refractivity contribution in [3.63, 3.8) is 0 Å². The van der Waals surface area contributed by atoms with E-state index in [1.807, 2.05) is 6.07 Å². The molecule has 0 spiro atoms. The van der Waals surface area contributed by atoms with Crippen molar-refractivity contribution in [3.8, 4) is 11.4 Å². The number of para-hydroxylation sites is 1. The Balaban J connectivity index is 1.23. The number of aromatic amines is 1. The Morgan fingerprint density at radius 1 is 1.06 bits per heavy atom. The average Bonchev–Trinajstić information content (AvgIpc) is 3.41. The van der Waals surface area contributed by atoms with Crippen LogP contribution < -0.4 is 0 Å². The maximum Gasteiger partial charge on any atom is 0.416 e. The molecule has 0 saturated carbocycles. The average molecular weight is 426 g/mol. The monoisotopic (exact) mass is 426 g/mol. The van der Waals surface area contributed by atoms with Crippen molar-refractivity contribution in [2.45, 2.75) is 31.5 Å². The van der Waals surface area contributed by atoms with Gasteiger partial charge in [-0.1, -0.05) is 35.5 Å². The summed E-state index contributed by atoms with van der Waals surface area (Å²) in [6, 6.07) is 13.3. The summed E-state index contributed by atoms with van der Waals surface area (Å²) in [7, 11) is 0. The van der Waals surface area contributed by atoms with Crippen molar-refractivity contribution < 1.29 is 17.7 Å². The highest BCUT2D eigenvalue weighted by Gasteiger charge is 2.31. The minimum absolute atomic E-state index is 0.176. The first-order valence-electron chi connectivity index (χ1n) is 10.3. The van der Waals surface area contributed by atoms with E-state index in [-0.39, 0.29) is 5.82 Å². The standard InChI is InChI=1S/C23H21F3N4O/c24-23(25,26)17-5-3-4-16(12-17)22-28-21(31-29-22)14-30-10-8-15(9-11-30)19-13-27-20-7-2-1-6-18(19)20/h1-7,12-13,15,27H,8-11,14H2. The number of H-pyrrole nitrogens is 1. The quantitative estimate of drug-likeness (QED) is 0.460. The van der Waals surface area contributed by atoms with Gasteiger partial charge < -0.3 is 9.51 Å². The van der Waals surface area contributed by atoms with Crippen LogP contribution >= 0.6 is 0 Å². The molecule has 5 nitrogen and oxygen atoms in total. The second-order valence-corrected chi connectivity index (χ2v) is 7.93. The Morgan fingerprint density at radius 3 is 2.68 bits per heavy atom. The number of rotatable bonds is 4. The van der Waals surface area contributed by atoms with Crippen LogP contribution in [0.1, 0.15) is 35.8 Å². The van der Waals surface area contributed by atoms with E-state index in [2.05, 4.69) is 44.4 Å². The maximum atomic E-state index is 12.9. The van der Waals surface area contributed by atoms with Gasteiger partial charge in [0, 0.05) is 22.7 Å². The first kappa shape index (κ1) is 19.8. The van der Waals surface area contributed by atoms with Gasteiger partial charge in [0.15, 0.2) is 0 Å². The Hall–Kier alpha value is -3.13. The largest absolute Gasteiger partial charge is 0.416 e. The molecule has 0 bridgehead atoms. The topological polar surface area (TPSA) is 58.0 Å². The van der Waals surface area contributed by atoms with Crippen molar-refractivity contribution >= 4 is 10.9 Å². The molecule has 8 heteroatoms. The number of nitrogens with zero attached hydrogens (tertiary/aromatic N) is 3. The second kappa shape index (κ2) is 7.85. The number of nitrogens with one attached hydrogen (secondary N) is 1. The van der Waals surface area contributed by atoms with E-state index in [1.54, 1.807) is 6.07 Å². The maximum absolute atomic E-state index is 12.9. The molecular weight excluding hydrogens is 405 g/mol.